The zero-order chi connectivity index (χ0) is 23.6. The molecule has 0 atom stereocenters. The maximum Gasteiger partial charge on any atom is 0.305 e. The highest BCUT2D eigenvalue weighted by atomic mass is 16.5. The van der Waals surface area contributed by atoms with Crippen molar-refractivity contribution in [1.82, 2.24) is 5.32 Å². The molecule has 0 saturated carbocycles. The minimum Gasteiger partial charge on any atom is -0.457 e. The average Bonchev–Trinajstić information content (AvgIpc) is 2.81. The van der Waals surface area contributed by atoms with E-state index in [1.165, 1.54) is 5.56 Å². The number of ether oxygens (including phenoxy) is 2. The number of Topliss-reactive ketones (excluding diaryl/α,β-unsaturated/α-hetero) is 1. The fourth-order valence-electron chi connectivity index (χ4n) is 3.50. The number of hydrogen-bond acceptors (Lipinski definition) is 5. The van der Waals surface area contributed by atoms with Crippen LogP contribution in [0, 0.1) is 0 Å². The van der Waals surface area contributed by atoms with Gasteiger partial charge in [-0.05, 0) is 67.6 Å². The van der Waals surface area contributed by atoms with E-state index in [1.807, 2.05) is 24.3 Å². The molecule has 0 saturated heterocycles. The molecule has 2 rings (SSSR count). The topological polar surface area (TPSA) is 81.7 Å². The molecule has 6 nitrogen and oxygen atoms in total. The van der Waals surface area contributed by atoms with Gasteiger partial charge in [-0.2, -0.15) is 0 Å². The van der Waals surface area contributed by atoms with E-state index in [9.17, 15) is 14.4 Å². The normalized spacial score (nSPS) is 11.0. The van der Waals surface area contributed by atoms with Crippen molar-refractivity contribution in [2.24, 2.45) is 0 Å². The zero-order valence-electron chi connectivity index (χ0n) is 19.4. The minimum absolute atomic E-state index is 0.00661. The standard InChI is InChI=1S/C26H33NO5/c1-5-25(30)31-18-24(29)21-10-14-23(15-11-21)32-22-12-8-20(9-13-22)16-17-26(6-2,7-3)27-19(4)28/h8-15H,5-7,16-18H2,1-4H3,(H,27,28). The predicted molar refractivity (Wildman–Crippen MR) is 124 cm³/mol. The molecular weight excluding hydrogens is 406 g/mol. The summed E-state index contributed by atoms with van der Waals surface area (Å²) in [4.78, 5) is 34.8. The summed E-state index contributed by atoms with van der Waals surface area (Å²) in [7, 11) is 0. The summed E-state index contributed by atoms with van der Waals surface area (Å²) in [5.74, 6) is 0.668. The second-order valence-electron chi connectivity index (χ2n) is 7.88. The van der Waals surface area contributed by atoms with Crippen molar-refractivity contribution in [3.63, 3.8) is 0 Å². The minimum atomic E-state index is -0.396. The summed E-state index contributed by atoms with van der Waals surface area (Å²) < 4.78 is 10.7. The van der Waals surface area contributed by atoms with Crippen LogP contribution in [0.15, 0.2) is 48.5 Å². The zero-order valence-corrected chi connectivity index (χ0v) is 19.4. The summed E-state index contributed by atoms with van der Waals surface area (Å²) in [6, 6.07) is 14.6. The smallest absolute Gasteiger partial charge is 0.305 e. The maximum atomic E-state index is 12.1. The largest absolute Gasteiger partial charge is 0.457 e. The van der Waals surface area contributed by atoms with Crippen LogP contribution in [0.3, 0.4) is 0 Å². The van der Waals surface area contributed by atoms with E-state index in [0.717, 1.165) is 25.7 Å². The summed E-state index contributed by atoms with van der Waals surface area (Å²) in [5.41, 5.74) is 1.47. The third-order valence-corrected chi connectivity index (χ3v) is 5.68. The van der Waals surface area contributed by atoms with Gasteiger partial charge in [-0.3, -0.25) is 14.4 Å². The van der Waals surface area contributed by atoms with E-state index in [-0.39, 0.29) is 30.3 Å². The van der Waals surface area contributed by atoms with E-state index in [2.05, 4.69) is 19.2 Å². The molecule has 0 aliphatic carbocycles. The average molecular weight is 440 g/mol. The molecule has 0 aromatic heterocycles. The monoisotopic (exact) mass is 439 g/mol. The van der Waals surface area contributed by atoms with Gasteiger partial charge in [-0.15, -0.1) is 0 Å². The Balaban J connectivity index is 1.92. The molecule has 1 amide bonds. The summed E-state index contributed by atoms with van der Waals surface area (Å²) in [5, 5.41) is 3.12. The highest BCUT2D eigenvalue weighted by Crippen LogP contribution is 2.25. The lowest BCUT2D eigenvalue weighted by molar-refractivity contribution is -0.142. The lowest BCUT2D eigenvalue weighted by Gasteiger charge is -2.32. The van der Waals surface area contributed by atoms with Gasteiger partial charge in [0.25, 0.3) is 0 Å². The predicted octanol–water partition coefficient (Wildman–Crippen LogP) is 5.24. The van der Waals surface area contributed by atoms with Crippen molar-refractivity contribution in [3.8, 4) is 11.5 Å². The van der Waals surface area contributed by atoms with Crippen molar-refractivity contribution >= 4 is 17.7 Å². The third-order valence-electron chi connectivity index (χ3n) is 5.68. The molecule has 0 spiro atoms. The summed E-state index contributed by atoms with van der Waals surface area (Å²) >= 11 is 0. The summed E-state index contributed by atoms with van der Waals surface area (Å²) in [6.07, 6.45) is 3.77. The lowest BCUT2D eigenvalue weighted by Crippen LogP contribution is -2.47. The number of benzene rings is 2. The Hall–Kier alpha value is -3.15. The highest BCUT2D eigenvalue weighted by Gasteiger charge is 2.26. The molecule has 2 aromatic rings. The first-order valence-electron chi connectivity index (χ1n) is 11.1. The number of amides is 1. The van der Waals surface area contributed by atoms with Gasteiger partial charge in [0.2, 0.25) is 5.91 Å². The van der Waals surface area contributed by atoms with E-state index in [4.69, 9.17) is 9.47 Å². The van der Waals surface area contributed by atoms with E-state index < -0.39 is 5.97 Å². The quantitative estimate of drug-likeness (QED) is 0.361. The first-order chi connectivity index (χ1) is 15.3. The molecule has 0 unspecified atom stereocenters. The van der Waals surface area contributed by atoms with Crippen LogP contribution in [0.4, 0.5) is 0 Å². The van der Waals surface area contributed by atoms with Crippen LogP contribution in [0.5, 0.6) is 11.5 Å². The van der Waals surface area contributed by atoms with Gasteiger partial charge in [0, 0.05) is 24.4 Å². The molecule has 0 aliphatic rings. The Kier molecular flexibility index (Phi) is 9.44. The summed E-state index contributed by atoms with van der Waals surface area (Å²) in [6.45, 7) is 7.20. The van der Waals surface area contributed by atoms with Gasteiger partial charge in [0.1, 0.15) is 11.5 Å². The number of esters is 1. The molecule has 2 aromatic carbocycles. The van der Waals surface area contributed by atoms with Gasteiger partial charge in [-0.1, -0.05) is 32.9 Å². The first-order valence-corrected chi connectivity index (χ1v) is 11.1. The van der Waals surface area contributed by atoms with Gasteiger partial charge in [-0.25, -0.2) is 0 Å². The molecular formula is C26H33NO5. The van der Waals surface area contributed by atoms with Crippen LogP contribution >= 0.6 is 0 Å². The molecule has 0 radical (unpaired) electrons. The Labute approximate surface area is 190 Å². The van der Waals surface area contributed by atoms with E-state index >= 15 is 0 Å². The van der Waals surface area contributed by atoms with Crippen molar-refractivity contribution in [1.29, 1.82) is 0 Å². The number of rotatable bonds is 12. The molecule has 0 bridgehead atoms. The van der Waals surface area contributed by atoms with E-state index in [0.29, 0.717) is 17.1 Å². The molecule has 0 aliphatic heterocycles. The molecule has 32 heavy (non-hydrogen) atoms. The fourth-order valence-corrected chi connectivity index (χ4v) is 3.50. The van der Waals surface area contributed by atoms with Crippen molar-refractivity contribution in [2.75, 3.05) is 6.61 Å². The second-order valence-corrected chi connectivity index (χ2v) is 7.88. The van der Waals surface area contributed by atoms with Crippen LogP contribution in [0.25, 0.3) is 0 Å². The molecule has 0 heterocycles. The van der Waals surface area contributed by atoms with Gasteiger partial charge >= 0.3 is 5.97 Å². The van der Waals surface area contributed by atoms with Crippen molar-refractivity contribution < 1.29 is 23.9 Å². The second kappa shape index (κ2) is 12.0. The lowest BCUT2D eigenvalue weighted by atomic mass is 9.86. The van der Waals surface area contributed by atoms with Crippen LogP contribution in [-0.4, -0.2) is 29.8 Å². The van der Waals surface area contributed by atoms with E-state index in [1.54, 1.807) is 38.1 Å². The van der Waals surface area contributed by atoms with Crippen LogP contribution in [0.2, 0.25) is 0 Å². The van der Waals surface area contributed by atoms with Gasteiger partial charge in [0.15, 0.2) is 12.4 Å². The number of carbonyl (C=O) groups is 3. The molecule has 6 heteroatoms. The van der Waals surface area contributed by atoms with Crippen molar-refractivity contribution in [2.45, 2.75) is 65.3 Å². The Morgan fingerprint density at radius 3 is 1.94 bits per heavy atom. The molecule has 172 valence electrons. The number of aryl methyl sites for hydroxylation is 1. The van der Waals surface area contributed by atoms with Crippen molar-refractivity contribution in [3.05, 3.63) is 59.7 Å². The number of hydrogen-bond donors (Lipinski definition) is 1. The Morgan fingerprint density at radius 2 is 1.44 bits per heavy atom. The number of carbonyl (C=O) groups excluding carboxylic acids is 3. The maximum absolute atomic E-state index is 12.1. The van der Waals surface area contributed by atoms with Gasteiger partial charge in [0.05, 0.1) is 0 Å². The van der Waals surface area contributed by atoms with Crippen LogP contribution in [-0.2, 0) is 20.7 Å². The Bertz CT molecular complexity index is 899. The number of nitrogens with one attached hydrogen (secondary N) is 1. The Morgan fingerprint density at radius 1 is 0.875 bits per heavy atom. The SMILES string of the molecule is CCC(=O)OCC(=O)c1ccc(Oc2ccc(CCC(CC)(CC)NC(C)=O)cc2)cc1. The number of ketones is 1. The van der Waals surface area contributed by atoms with Crippen LogP contribution < -0.4 is 10.1 Å². The highest BCUT2D eigenvalue weighted by molar-refractivity contribution is 5.98. The first kappa shape index (κ1) is 25.1. The van der Waals surface area contributed by atoms with Crippen LogP contribution in [0.1, 0.15) is 69.3 Å². The third kappa shape index (κ3) is 7.52. The molecule has 0 fully saturated rings. The fraction of sp³-hybridized carbons (Fsp3) is 0.423. The van der Waals surface area contributed by atoms with Gasteiger partial charge < -0.3 is 14.8 Å². The molecule has 1 N–H and O–H groups in total.